The molecule has 6 heteroatoms. The molecule has 0 saturated carbocycles. The summed E-state index contributed by atoms with van der Waals surface area (Å²) in [4.78, 5) is 20.6. The molecule has 0 aliphatic carbocycles. The van der Waals surface area contributed by atoms with E-state index in [0.717, 1.165) is 0 Å². The number of carbonyl (C=O) groups is 1. The SMILES string of the molecule is COC(=O)C(N)CCCP(=O)(O)CC(C)C. The first-order valence-electron chi connectivity index (χ1n) is 5.42. The standard InChI is InChI=1S/C10H22NO4P/c1-8(2)7-16(13,14)6-4-5-9(11)10(12)15-3/h8-9H,4-7,11H2,1-3H3,(H,13,14). The molecule has 2 atom stereocenters. The highest BCUT2D eigenvalue weighted by Crippen LogP contribution is 2.43. The quantitative estimate of drug-likeness (QED) is 0.524. The van der Waals surface area contributed by atoms with E-state index in [1.54, 1.807) is 0 Å². The molecule has 0 fully saturated rings. The van der Waals surface area contributed by atoms with Crippen LogP contribution in [-0.4, -0.2) is 36.3 Å². The van der Waals surface area contributed by atoms with Crippen molar-refractivity contribution in [1.29, 1.82) is 0 Å². The minimum absolute atomic E-state index is 0.199. The lowest BCUT2D eigenvalue weighted by atomic mass is 10.2. The van der Waals surface area contributed by atoms with E-state index in [0.29, 0.717) is 19.0 Å². The monoisotopic (exact) mass is 251 g/mol. The third-order valence-electron chi connectivity index (χ3n) is 2.18. The second-order valence-electron chi connectivity index (χ2n) is 4.42. The molecule has 0 bridgehead atoms. The Morgan fingerprint density at radius 1 is 1.50 bits per heavy atom. The van der Waals surface area contributed by atoms with E-state index in [2.05, 4.69) is 4.74 Å². The van der Waals surface area contributed by atoms with Crippen molar-refractivity contribution in [2.24, 2.45) is 11.7 Å². The van der Waals surface area contributed by atoms with Crippen LogP contribution < -0.4 is 5.73 Å². The van der Waals surface area contributed by atoms with E-state index in [1.165, 1.54) is 7.11 Å². The number of methoxy groups -OCH3 is 1. The minimum atomic E-state index is -3.05. The maximum Gasteiger partial charge on any atom is 0.322 e. The van der Waals surface area contributed by atoms with Crippen molar-refractivity contribution in [1.82, 2.24) is 0 Å². The topological polar surface area (TPSA) is 89.6 Å². The molecule has 0 rings (SSSR count). The number of hydrogen-bond acceptors (Lipinski definition) is 4. The smallest absolute Gasteiger partial charge is 0.322 e. The first kappa shape index (κ1) is 15.6. The molecular weight excluding hydrogens is 229 g/mol. The summed E-state index contributed by atoms with van der Waals surface area (Å²) in [6.07, 6.45) is 1.39. The third kappa shape index (κ3) is 6.99. The second kappa shape index (κ2) is 7.05. The maximum absolute atomic E-state index is 11.6. The fourth-order valence-corrected chi connectivity index (χ4v) is 3.49. The molecule has 0 radical (unpaired) electrons. The summed E-state index contributed by atoms with van der Waals surface area (Å²) in [5.74, 6) is -0.276. The van der Waals surface area contributed by atoms with Crippen molar-refractivity contribution < 1.29 is 19.0 Å². The van der Waals surface area contributed by atoms with Crippen LogP contribution in [-0.2, 0) is 14.1 Å². The summed E-state index contributed by atoms with van der Waals surface area (Å²) in [7, 11) is -1.78. The van der Waals surface area contributed by atoms with Gasteiger partial charge in [-0.15, -0.1) is 0 Å². The predicted octanol–water partition coefficient (Wildman–Crippen LogP) is 1.19. The van der Waals surface area contributed by atoms with Crippen LogP contribution in [0.25, 0.3) is 0 Å². The third-order valence-corrected chi connectivity index (χ3v) is 4.49. The average Bonchev–Trinajstić information content (AvgIpc) is 2.13. The lowest BCUT2D eigenvalue weighted by Gasteiger charge is -2.14. The Labute approximate surface area is 96.8 Å². The molecule has 0 heterocycles. The Hall–Kier alpha value is -0.380. The predicted molar refractivity (Wildman–Crippen MR) is 63.6 cm³/mol. The Balaban J connectivity index is 3.89. The van der Waals surface area contributed by atoms with Crippen LogP contribution in [0.4, 0.5) is 0 Å². The minimum Gasteiger partial charge on any atom is -0.468 e. The van der Waals surface area contributed by atoms with Crippen LogP contribution in [0, 0.1) is 5.92 Å². The van der Waals surface area contributed by atoms with Gasteiger partial charge < -0.3 is 15.4 Å². The molecule has 0 amide bonds. The summed E-state index contributed by atoms with van der Waals surface area (Å²) < 4.78 is 16.1. The molecule has 0 aromatic rings. The molecule has 0 saturated heterocycles. The molecule has 0 aromatic heterocycles. The van der Waals surface area contributed by atoms with Gasteiger partial charge in [0.2, 0.25) is 7.37 Å². The average molecular weight is 251 g/mol. The molecule has 16 heavy (non-hydrogen) atoms. The summed E-state index contributed by atoms with van der Waals surface area (Å²) in [6.45, 7) is 3.81. The van der Waals surface area contributed by atoms with Crippen LogP contribution in [0.15, 0.2) is 0 Å². The Kier molecular flexibility index (Phi) is 6.88. The zero-order chi connectivity index (χ0) is 12.8. The largest absolute Gasteiger partial charge is 0.468 e. The van der Waals surface area contributed by atoms with Gasteiger partial charge in [-0.3, -0.25) is 9.36 Å². The Morgan fingerprint density at radius 3 is 2.50 bits per heavy atom. The summed E-state index contributed by atoms with van der Waals surface area (Å²) in [5, 5.41) is 0. The highest BCUT2D eigenvalue weighted by molar-refractivity contribution is 7.57. The summed E-state index contributed by atoms with van der Waals surface area (Å²) >= 11 is 0. The van der Waals surface area contributed by atoms with Crippen LogP contribution in [0.5, 0.6) is 0 Å². The first-order chi connectivity index (χ1) is 7.28. The van der Waals surface area contributed by atoms with Gasteiger partial charge in [0, 0.05) is 12.3 Å². The molecule has 2 unspecified atom stereocenters. The molecular formula is C10H22NO4P. The molecule has 0 aliphatic heterocycles. The van der Waals surface area contributed by atoms with Crippen LogP contribution in [0.1, 0.15) is 26.7 Å². The fourth-order valence-electron chi connectivity index (χ4n) is 1.49. The number of ether oxygens (including phenoxy) is 1. The van der Waals surface area contributed by atoms with Gasteiger partial charge in [0.15, 0.2) is 0 Å². The lowest BCUT2D eigenvalue weighted by Crippen LogP contribution is -2.31. The number of esters is 1. The van der Waals surface area contributed by atoms with E-state index in [1.807, 2.05) is 13.8 Å². The van der Waals surface area contributed by atoms with Crippen molar-refractivity contribution in [2.75, 3.05) is 19.4 Å². The number of hydrogen-bond donors (Lipinski definition) is 2. The van der Waals surface area contributed by atoms with Gasteiger partial charge >= 0.3 is 5.97 Å². The van der Waals surface area contributed by atoms with Crippen LogP contribution >= 0.6 is 7.37 Å². The molecule has 5 nitrogen and oxygen atoms in total. The number of carbonyl (C=O) groups excluding carboxylic acids is 1. The van der Waals surface area contributed by atoms with E-state index in [-0.39, 0.29) is 12.1 Å². The van der Waals surface area contributed by atoms with Crippen molar-refractivity contribution in [3.05, 3.63) is 0 Å². The van der Waals surface area contributed by atoms with E-state index in [9.17, 15) is 14.3 Å². The zero-order valence-corrected chi connectivity index (χ0v) is 11.1. The fraction of sp³-hybridized carbons (Fsp3) is 0.900. The Morgan fingerprint density at radius 2 is 2.06 bits per heavy atom. The van der Waals surface area contributed by atoms with Gasteiger partial charge in [-0.05, 0) is 18.8 Å². The molecule has 0 aromatic carbocycles. The van der Waals surface area contributed by atoms with Crippen LogP contribution in [0.2, 0.25) is 0 Å². The van der Waals surface area contributed by atoms with Gasteiger partial charge in [-0.1, -0.05) is 13.8 Å². The molecule has 96 valence electrons. The van der Waals surface area contributed by atoms with Crippen molar-refractivity contribution >= 4 is 13.3 Å². The van der Waals surface area contributed by atoms with Gasteiger partial charge in [0.05, 0.1) is 7.11 Å². The maximum atomic E-state index is 11.6. The lowest BCUT2D eigenvalue weighted by molar-refractivity contribution is -0.142. The van der Waals surface area contributed by atoms with Gasteiger partial charge in [0.25, 0.3) is 0 Å². The molecule has 3 N–H and O–H groups in total. The zero-order valence-electron chi connectivity index (χ0n) is 10.2. The highest BCUT2D eigenvalue weighted by Gasteiger charge is 2.21. The van der Waals surface area contributed by atoms with Gasteiger partial charge in [0.1, 0.15) is 6.04 Å². The van der Waals surface area contributed by atoms with E-state index in [4.69, 9.17) is 5.73 Å². The van der Waals surface area contributed by atoms with E-state index < -0.39 is 19.4 Å². The van der Waals surface area contributed by atoms with Crippen LogP contribution in [0.3, 0.4) is 0 Å². The Bertz CT molecular complexity index is 268. The number of rotatable bonds is 7. The summed E-state index contributed by atoms with van der Waals surface area (Å²) in [5.41, 5.74) is 5.51. The molecule has 0 spiro atoms. The normalized spacial score (nSPS) is 16.9. The summed E-state index contributed by atoms with van der Waals surface area (Å²) in [6, 6.07) is -0.691. The van der Waals surface area contributed by atoms with E-state index >= 15 is 0 Å². The van der Waals surface area contributed by atoms with Crippen molar-refractivity contribution in [3.8, 4) is 0 Å². The van der Waals surface area contributed by atoms with Crippen molar-refractivity contribution in [3.63, 3.8) is 0 Å². The van der Waals surface area contributed by atoms with Gasteiger partial charge in [-0.25, -0.2) is 0 Å². The van der Waals surface area contributed by atoms with Crippen molar-refractivity contribution in [2.45, 2.75) is 32.7 Å². The number of nitrogens with two attached hydrogens (primary N) is 1. The highest BCUT2D eigenvalue weighted by atomic mass is 31.2. The van der Waals surface area contributed by atoms with Gasteiger partial charge in [-0.2, -0.15) is 0 Å². The second-order valence-corrected chi connectivity index (χ2v) is 6.92. The first-order valence-corrected chi connectivity index (χ1v) is 7.45. The molecule has 0 aliphatic rings.